The molecule has 1 aliphatic rings. The highest BCUT2D eigenvalue weighted by Crippen LogP contribution is 2.34. The van der Waals surface area contributed by atoms with Crippen LogP contribution in [0.1, 0.15) is 18.7 Å². The fourth-order valence-corrected chi connectivity index (χ4v) is 1.97. The van der Waals surface area contributed by atoms with Crippen molar-refractivity contribution in [2.45, 2.75) is 25.4 Å². The van der Waals surface area contributed by atoms with Gasteiger partial charge in [0.2, 0.25) is 11.7 Å². The van der Waals surface area contributed by atoms with Crippen molar-refractivity contribution < 1.29 is 22.8 Å². The average molecular weight is 284 g/mol. The summed E-state index contributed by atoms with van der Waals surface area (Å²) in [5.41, 5.74) is -0.0164. The van der Waals surface area contributed by atoms with Crippen LogP contribution in [0.3, 0.4) is 0 Å². The van der Waals surface area contributed by atoms with E-state index in [1.54, 1.807) is 0 Å². The van der Waals surface area contributed by atoms with Gasteiger partial charge in [0.05, 0.1) is 12.5 Å². The molecule has 20 heavy (non-hydrogen) atoms. The number of rotatable bonds is 4. The van der Waals surface area contributed by atoms with Gasteiger partial charge in [-0.05, 0) is 30.9 Å². The molecule has 1 N–H and O–H groups in total. The first-order valence-electron chi connectivity index (χ1n) is 6.20. The molecule has 1 aliphatic carbocycles. The Morgan fingerprint density at radius 3 is 2.50 bits per heavy atom. The molecule has 0 saturated heterocycles. The summed E-state index contributed by atoms with van der Waals surface area (Å²) in [5, 5.41) is 13.3. The summed E-state index contributed by atoms with van der Waals surface area (Å²) in [5.74, 6) is -3.77. The Kier molecular flexibility index (Phi) is 3.21. The van der Waals surface area contributed by atoms with Crippen LogP contribution in [0.25, 0.3) is 11.4 Å². The molecular formula is C13H11F3N2O2. The Hall–Kier alpha value is -1.89. The SMILES string of the molecule is OC(Cc1nc(-c2cc(F)c(F)c(F)c2)no1)C1CC1. The molecule has 1 heterocycles. The summed E-state index contributed by atoms with van der Waals surface area (Å²) in [6.45, 7) is 0. The van der Waals surface area contributed by atoms with E-state index in [0.717, 1.165) is 25.0 Å². The summed E-state index contributed by atoms with van der Waals surface area (Å²) >= 11 is 0. The number of hydrogen-bond donors (Lipinski definition) is 1. The Bertz CT molecular complexity index is 617. The highest BCUT2D eigenvalue weighted by atomic mass is 19.2. The van der Waals surface area contributed by atoms with Crippen molar-refractivity contribution in [1.82, 2.24) is 10.1 Å². The molecule has 2 aromatic rings. The molecule has 1 fully saturated rings. The van der Waals surface area contributed by atoms with Gasteiger partial charge in [0.1, 0.15) is 0 Å². The van der Waals surface area contributed by atoms with Crippen LogP contribution >= 0.6 is 0 Å². The second-order valence-corrected chi connectivity index (χ2v) is 4.87. The molecule has 106 valence electrons. The number of aromatic nitrogens is 2. The molecule has 0 bridgehead atoms. The van der Waals surface area contributed by atoms with Crippen LogP contribution in [0.5, 0.6) is 0 Å². The van der Waals surface area contributed by atoms with Crippen LogP contribution in [0.15, 0.2) is 16.7 Å². The van der Waals surface area contributed by atoms with Gasteiger partial charge in [-0.1, -0.05) is 5.16 Å². The van der Waals surface area contributed by atoms with E-state index in [1.165, 1.54) is 0 Å². The lowest BCUT2D eigenvalue weighted by Crippen LogP contribution is -2.12. The molecule has 7 heteroatoms. The Labute approximate surface area is 112 Å². The van der Waals surface area contributed by atoms with Crippen molar-refractivity contribution in [2.75, 3.05) is 0 Å². The molecule has 4 nitrogen and oxygen atoms in total. The first-order valence-corrected chi connectivity index (χ1v) is 6.20. The fraction of sp³-hybridized carbons (Fsp3) is 0.385. The highest BCUT2D eigenvalue weighted by Gasteiger charge is 2.31. The second-order valence-electron chi connectivity index (χ2n) is 4.87. The van der Waals surface area contributed by atoms with Crippen LogP contribution in [-0.4, -0.2) is 21.4 Å². The number of nitrogens with zero attached hydrogens (tertiary/aromatic N) is 2. The maximum atomic E-state index is 13.1. The molecule has 1 aromatic carbocycles. The average Bonchev–Trinajstić information content (AvgIpc) is 3.16. The van der Waals surface area contributed by atoms with Gasteiger partial charge in [0.25, 0.3) is 0 Å². The molecule has 0 spiro atoms. The fourth-order valence-electron chi connectivity index (χ4n) is 1.97. The van der Waals surface area contributed by atoms with E-state index in [1.807, 2.05) is 0 Å². The largest absolute Gasteiger partial charge is 0.392 e. The molecule has 3 rings (SSSR count). The predicted molar refractivity (Wildman–Crippen MR) is 62.0 cm³/mol. The van der Waals surface area contributed by atoms with Crippen LogP contribution < -0.4 is 0 Å². The third-order valence-electron chi connectivity index (χ3n) is 3.26. The van der Waals surface area contributed by atoms with Gasteiger partial charge < -0.3 is 9.63 Å². The molecule has 0 aliphatic heterocycles. The zero-order chi connectivity index (χ0) is 14.3. The molecule has 1 aromatic heterocycles. The van der Waals surface area contributed by atoms with Gasteiger partial charge in [-0.15, -0.1) is 0 Å². The van der Waals surface area contributed by atoms with Crippen molar-refractivity contribution in [3.8, 4) is 11.4 Å². The summed E-state index contributed by atoms with van der Waals surface area (Å²) in [7, 11) is 0. The van der Waals surface area contributed by atoms with E-state index in [0.29, 0.717) is 0 Å². The number of aliphatic hydroxyl groups excluding tert-OH is 1. The van der Waals surface area contributed by atoms with Crippen LogP contribution in [0.4, 0.5) is 13.2 Å². The lowest BCUT2D eigenvalue weighted by Gasteiger charge is -2.03. The zero-order valence-electron chi connectivity index (χ0n) is 10.3. The molecular weight excluding hydrogens is 273 g/mol. The van der Waals surface area contributed by atoms with E-state index < -0.39 is 23.6 Å². The second kappa shape index (κ2) is 4.90. The van der Waals surface area contributed by atoms with Crippen molar-refractivity contribution in [2.24, 2.45) is 5.92 Å². The van der Waals surface area contributed by atoms with Gasteiger partial charge in [-0.3, -0.25) is 0 Å². The van der Waals surface area contributed by atoms with Gasteiger partial charge >= 0.3 is 0 Å². The van der Waals surface area contributed by atoms with Gasteiger partial charge in [0.15, 0.2) is 17.5 Å². The Balaban J connectivity index is 1.82. The lowest BCUT2D eigenvalue weighted by molar-refractivity contribution is 0.140. The Morgan fingerprint density at radius 2 is 1.90 bits per heavy atom. The highest BCUT2D eigenvalue weighted by molar-refractivity contribution is 5.54. The molecule has 1 saturated carbocycles. The number of hydrogen-bond acceptors (Lipinski definition) is 4. The molecule has 1 unspecified atom stereocenters. The van der Waals surface area contributed by atoms with E-state index in [2.05, 4.69) is 10.1 Å². The Morgan fingerprint density at radius 1 is 1.25 bits per heavy atom. The summed E-state index contributed by atoms with van der Waals surface area (Å²) in [4.78, 5) is 3.95. The molecule has 0 radical (unpaired) electrons. The van der Waals surface area contributed by atoms with Gasteiger partial charge in [0, 0.05) is 5.56 Å². The number of aliphatic hydroxyl groups is 1. The van der Waals surface area contributed by atoms with E-state index in [4.69, 9.17) is 4.52 Å². The number of benzene rings is 1. The van der Waals surface area contributed by atoms with Crippen molar-refractivity contribution >= 4 is 0 Å². The van der Waals surface area contributed by atoms with E-state index in [-0.39, 0.29) is 29.6 Å². The standard InChI is InChI=1S/C13H11F3N2O2/c14-8-3-7(4-9(15)12(8)16)13-17-11(20-18-13)5-10(19)6-1-2-6/h3-4,6,10,19H,1-2,5H2. The quantitative estimate of drug-likeness (QED) is 0.876. The lowest BCUT2D eigenvalue weighted by atomic mass is 10.1. The van der Waals surface area contributed by atoms with Crippen molar-refractivity contribution in [3.63, 3.8) is 0 Å². The monoisotopic (exact) mass is 284 g/mol. The van der Waals surface area contributed by atoms with Gasteiger partial charge in [-0.2, -0.15) is 4.98 Å². The van der Waals surface area contributed by atoms with Crippen LogP contribution in [-0.2, 0) is 6.42 Å². The normalized spacial score (nSPS) is 16.4. The smallest absolute Gasteiger partial charge is 0.229 e. The minimum absolute atomic E-state index is 0.0164. The maximum Gasteiger partial charge on any atom is 0.229 e. The minimum atomic E-state index is -1.54. The maximum absolute atomic E-state index is 13.1. The number of halogens is 3. The summed E-state index contributed by atoms with van der Waals surface area (Å²) < 4.78 is 44.0. The third kappa shape index (κ3) is 2.53. The van der Waals surface area contributed by atoms with Crippen molar-refractivity contribution in [1.29, 1.82) is 0 Å². The van der Waals surface area contributed by atoms with E-state index in [9.17, 15) is 18.3 Å². The minimum Gasteiger partial charge on any atom is -0.392 e. The first kappa shape index (κ1) is 13.1. The molecule has 0 amide bonds. The third-order valence-corrected chi connectivity index (χ3v) is 3.26. The summed E-state index contributed by atoms with van der Waals surface area (Å²) in [6, 6.07) is 1.59. The summed E-state index contributed by atoms with van der Waals surface area (Å²) in [6.07, 6.45) is 1.58. The van der Waals surface area contributed by atoms with Crippen LogP contribution in [0, 0.1) is 23.4 Å². The molecule has 1 atom stereocenters. The predicted octanol–water partition coefficient (Wildman–Crippen LogP) is 2.47. The first-order chi connectivity index (χ1) is 9.54. The van der Waals surface area contributed by atoms with Crippen LogP contribution in [0.2, 0.25) is 0 Å². The van der Waals surface area contributed by atoms with Gasteiger partial charge in [-0.25, -0.2) is 13.2 Å². The topological polar surface area (TPSA) is 59.2 Å². The van der Waals surface area contributed by atoms with Crippen molar-refractivity contribution in [3.05, 3.63) is 35.5 Å². The zero-order valence-corrected chi connectivity index (χ0v) is 10.3. The van der Waals surface area contributed by atoms with E-state index >= 15 is 0 Å².